The predicted octanol–water partition coefficient (Wildman–Crippen LogP) is 0.461. The second-order valence-corrected chi connectivity index (χ2v) is 5.04. The van der Waals surface area contributed by atoms with E-state index in [1.807, 2.05) is 27.0 Å². The first-order chi connectivity index (χ1) is 7.56. The first-order valence-electron chi connectivity index (χ1n) is 5.71. The van der Waals surface area contributed by atoms with Gasteiger partial charge in [-0.05, 0) is 19.7 Å². The van der Waals surface area contributed by atoms with Crippen LogP contribution in [0.1, 0.15) is 20.8 Å². The van der Waals surface area contributed by atoms with Gasteiger partial charge in [0.1, 0.15) is 0 Å². The first kappa shape index (κ1) is 15.7. The van der Waals surface area contributed by atoms with Crippen molar-refractivity contribution in [3.8, 4) is 0 Å². The van der Waals surface area contributed by atoms with Gasteiger partial charge in [0.05, 0.1) is 6.61 Å². The van der Waals surface area contributed by atoms with Crippen LogP contribution >= 0.6 is 11.8 Å². The molecule has 5 heteroatoms. The van der Waals surface area contributed by atoms with Crippen molar-refractivity contribution in [3.63, 3.8) is 0 Å². The van der Waals surface area contributed by atoms with Gasteiger partial charge in [0.15, 0.2) is 0 Å². The number of rotatable bonds is 8. The summed E-state index contributed by atoms with van der Waals surface area (Å²) in [5, 5.41) is 15.2. The zero-order valence-corrected chi connectivity index (χ0v) is 11.4. The lowest BCUT2D eigenvalue weighted by molar-refractivity contribution is -0.125. The second kappa shape index (κ2) is 8.84. The topological polar surface area (TPSA) is 61.4 Å². The molecule has 1 amide bonds. The van der Waals surface area contributed by atoms with E-state index in [9.17, 15) is 4.79 Å². The van der Waals surface area contributed by atoms with Crippen LogP contribution < -0.4 is 10.6 Å². The Bertz CT molecular complexity index is 198. The van der Waals surface area contributed by atoms with E-state index in [0.29, 0.717) is 6.54 Å². The second-order valence-electron chi connectivity index (χ2n) is 3.96. The van der Waals surface area contributed by atoms with Gasteiger partial charge in [-0.1, -0.05) is 13.8 Å². The summed E-state index contributed by atoms with van der Waals surface area (Å²) in [4.78, 5) is 11.8. The molecular formula is C11H24N2O2S. The summed E-state index contributed by atoms with van der Waals surface area (Å²) in [5.41, 5.74) is 0. The summed E-state index contributed by atoms with van der Waals surface area (Å²) >= 11 is 1.57. The maximum absolute atomic E-state index is 11.8. The van der Waals surface area contributed by atoms with Crippen LogP contribution in [0.5, 0.6) is 0 Å². The fourth-order valence-electron chi connectivity index (χ4n) is 1.35. The quantitative estimate of drug-likeness (QED) is 0.584. The minimum absolute atomic E-state index is 0.00317. The molecule has 0 spiro atoms. The Morgan fingerprint density at radius 1 is 1.44 bits per heavy atom. The lowest BCUT2D eigenvalue weighted by Crippen LogP contribution is -2.45. The fourth-order valence-corrected chi connectivity index (χ4v) is 1.98. The number of carbonyl (C=O) groups is 1. The molecule has 0 aliphatic carbocycles. The van der Waals surface area contributed by atoms with Gasteiger partial charge >= 0.3 is 0 Å². The first-order valence-corrected chi connectivity index (χ1v) is 7.00. The van der Waals surface area contributed by atoms with Gasteiger partial charge < -0.3 is 15.7 Å². The number of nitrogens with one attached hydrogen (secondary N) is 2. The number of thioether (sulfide) groups is 1. The van der Waals surface area contributed by atoms with Crippen LogP contribution in [0.15, 0.2) is 0 Å². The van der Waals surface area contributed by atoms with E-state index in [1.165, 1.54) is 0 Å². The predicted molar refractivity (Wildman–Crippen MR) is 69.7 cm³/mol. The molecule has 0 bridgehead atoms. The minimum Gasteiger partial charge on any atom is -0.395 e. The number of amides is 1. The Morgan fingerprint density at radius 2 is 2.06 bits per heavy atom. The van der Waals surface area contributed by atoms with Gasteiger partial charge in [-0.2, -0.15) is 11.8 Å². The van der Waals surface area contributed by atoms with E-state index in [1.54, 1.807) is 11.8 Å². The van der Waals surface area contributed by atoms with Crippen LogP contribution in [0.4, 0.5) is 0 Å². The van der Waals surface area contributed by atoms with Crippen molar-refractivity contribution < 1.29 is 9.90 Å². The molecule has 3 N–H and O–H groups in total. The Labute approximate surface area is 103 Å². The van der Waals surface area contributed by atoms with E-state index in [-0.39, 0.29) is 29.7 Å². The summed E-state index contributed by atoms with van der Waals surface area (Å²) in [7, 11) is 0. The molecule has 3 unspecified atom stereocenters. The number of carbonyl (C=O) groups excluding carboxylic acids is 1. The molecule has 0 aliphatic heterocycles. The van der Waals surface area contributed by atoms with Crippen LogP contribution in [-0.2, 0) is 4.79 Å². The van der Waals surface area contributed by atoms with Crippen molar-refractivity contribution in [2.24, 2.45) is 5.92 Å². The highest BCUT2D eigenvalue weighted by Crippen LogP contribution is 2.10. The van der Waals surface area contributed by atoms with Gasteiger partial charge in [-0.3, -0.25) is 4.79 Å². The van der Waals surface area contributed by atoms with Gasteiger partial charge in [0.2, 0.25) is 5.91 Å². The molecule has 0 rings (SSSR count). The highest BCUT2D eigenvalue weighted by molar-refractivity contribution is 7.99. The van der Waals surface area contributed by atoms with Gasteiger partial charge in [0.25, 0.3) is 0 Å². The van der Waals surface area contributed by atoms with Crippen molar-refractivity contribution >= 4 is 17.7 Å². The highest BCUT2D eigenvalue weighted by atomic mass is 32.2. The van der Waals surface area contributed by atoms with E-state index in [2.05, 4.69) is 10.6 Å². The fraction of sp³-hybridized carbons (Fsp3) is 0.909. The summed E-state index contributed by atoms with van der Waals surface area (Å²) in [6, 6.07) is -0.00317. The standard InChI is InChI=1S/C11H24N2O2S/c1-5-12-6-8(2)11(15)13-9(3)10(7-14)16-4/h8-10,12,14H,5-7H2,1-4H3,(H,13,15). The molecule has 0 saturated carbocycles. The molecule has 0 aromatic heterocycles. The Balaban J connectivity index is 4.01. The third kappa shape index (κ3) is 5.72. The lowest BCUT2D eigenvalue weighted by Gasteiger charge is -2.23. The molecule has 16 heavy (non-hydrogen) atoms. The Kier molecular flexibility index (Phi) is 8.70. The molecular weight excluding hydrogens is 224 g/mol. The summed E-state index contributed by atoms with van der Waals surface area (Å²) < 4.78 is 0. The lowest BCUT2D eigenvalue weighted by atomic mass is 10.1. The molecule has 0 fully saturated rings. The van der Waals surface area contributed by atoms with Crippen LogP contribution in [0.3, 0.4) is 0 Å². The maximum atomic E-state index is 11.8. The van der Waals surface area contributed by atoms with Crippen LogP contribution in [0.25, 0.3) is 0 Å². The third-order valence-corrected chi connectivity index (χ3v) is 3.72. The molecule has 0 radical (unpaired) electrons. The summed E-state index contributed by atoms with van der Waals surface area (Å²) in [6.45, 7) is 7.50. The van der Waals surface area contributed by atoms with E-state index in [4.69, 9.17) is 5.11 Å². The average Bonchev–Trinajstić information content (AvgIpc) is 2.27. The van der Waals surface area contributed by atoms with Crippen LogP contribution in [-0.4, -0.2) is 48.3 Å². The van der Waals surface area contributed by atoms with Crippen LogP contribution in [0, 0.1) is 5.92 Å². The van der Waals surface area contributed by atoms with Crippen molar-refractivity contribution in [1.82, 2.24) is 10.6 Å². The molecule has 0 saturated heterocycles. The maximum Gasteiger partial charge on any atom is 0.224 e. The number of hydrogen-bond donors (Lipinski definition) is 3. The molecule has 96 valence electrons. The van der Waals surface area contributed by atoms with E-state index >= 15 is 0 Å². The van der Waals surface area contributed by atoms with Crippen molar-refractivity contribution in [1.29, 1.82) is 0 Å². The van der Waals surface area contributed by atoms with Crippen molar-refractivity contribution in [2.75, 3.05) is 26.0 Å². The molecule has 0 heterocycles. The van der Waals surface area contributed by atoms with Gasteiger partial charge in [-0.15, -0.1) is 0 Å². The molecule has 3 atom stereocenters. The SMILES string of the molecule is CCNCC(C)C(=O)NC(C)C(CO)SC. The molecule has 0 aliphatic rings. The van der Waals surface area contributed by atoms with Gasteiger partial charge in [-0.25, -0.2) is 0 Å². The molecule has 0 aromatic carbocycles. The average molecular weight is 248 g/mol. The van der Waals surface area contributed by atoms with Crippen LogP contribution in [0.2, 0.25) is 0 Å². The smallest absolute Gasteiger partial charge is 0.224 e. The Hall–Kier alpha value is -0.260. The number of hydrogen-bond acceptors (Lipinski definition) is 4. The third-order valence-electron chi connectivity index (χ3n) is 2.56. The summed E-state index contributed by atoms with van der Waals surface area (Å²) in [5.74, 6) is 0.00421. The highest BCUT2D eigenvalue weighted by Gasteiger charge is 2.20. The zero-order valence-electron chi connectivity index (χ0n) is 10.6. The molecule has 4 nitrogen and oxygen atoms in total. The molecule has 0 aromatic rings. The normalized spacial score (nSPS) is 16.6. The van der Waals surface area contributed by atoms with Gasteiger partial charge in [0, 0.05) is 23.8 Å². The van der Waals surface area contributed by atoms with E-state index in [0.717, 1.165) is 6.54 Å². The summed E-state index contributed by atoms with van der Waals surface area (Å²) in [6.07, 6.45) is 1.94. The minimum atomic E-state index is -0.0383. The van der Waals surface area contributed by atoms with E-state index < -0.39 is 0 Å². The van der Waals surface area contributed by atoms with Crippen molar-refractivity contribution in [3.05, 3.63) is 0 Å². The number of aliphatic hydroxyl groups is 1. The zero-order chi connectivity index (χ0) is 12.6. The Morgan fingerprint density at radius 3 is 2.50 bits per heavy atom. The van der Waals surface area contributed by atoms with Crippen molar-refractivity contribution in [2.45, 2.75) is 32.1 Å². The monoisotopic (exact) mass is 248 g/mol. The number of aliphatic hydroxyl groups excluding tert-OH is 1. The largest absolute Gasteiger partial charge is 0.395 e.